The number of urea groups is 1. The van der Waals surface area contributed by atoms with Crippen LogP contribution in [-0.4, -0.2) is 31.1 Å². The second kappa shape index (κ2) is 7.00. The number of carbonyl (C=O) groups excluding carboxylic acids is 3. The lowest BCUT2D eigenvalue weighted by atomic mass is 10.2. The van der Waals surface area contributed by atoms with Gasteiger partial charge in [-0.05, 0) is 31.2 Å². The standard InChI is InChI=1S/C12H14N2O5/c1-2-18-11(16)8-3-5-9(6-4-8)19-7-10(15)14-12(13)17/h3-6H,2,7H2,1H3,(H3,13,14,15,17). The predicted octanol–water partition coefficient (Wildman–Crippen LogP) is 0.437. The summed E-state index contributed by atoms with van der Waals surface area (Å²) in [5, 5.41) is 1.86. The molecule has 0 unspecified atom stereocenters. The zero-order chi connectivity index (χ0) is 14.3. The Morgan fingerprint density at radius 3 is 2.37 bits per heavy atom. The fourth-order valence-electron chi connectivity index (χ4n) is 1.22. The number of primary amides is 1. The summed E-state index contributed by atoms with van der Waals surface area (Å²) in [5.74, 6) is -0.699. The lowest BCUT2D eigenvalue weighted by Crippen LogP contribution is -2.38. The summed E-state index contributed by atoms with van der Waals surface area (Å²) in [6.07, 6.45) is 0. The highest BCUT2D eigenvalue weighted by Gasteiger charge is 2.07. The van der Waals surface area contributed by atoms with Crippen LogP contribution in [0.2, 0.25) is 0 Å². The second-order valence-corrected chi connectivity index (χ2v) is 3.45. The molecule has 19 heavy (non-hydrogen) atoms. The topological polar surface area (TPSA) is 108 Å². The summed E-state index contributed by atoms with van der Waals surface area (Å²) in [5.41, 5.74) is 5.15. The molecule has 0 spiro atoms. The predicted molar refractivity (Wildman–Crippen MR) is 65.6 cm³/mol. The minimum atomic E-state index is -0.939. The van der Waals surface area contributed by atoms with Gasteiger partial charge >= 0.3 is 12.0 Å². The number of hydrogen-bond donors (Lipinski definition) is 2. The first-order valence-corrected chi connectivity index (χ1v) is 5.52. The molecule has 7 heteroatoms. The zero-order valence-electron chi connectivity index (χ0n) is 10.3. The summed E-state index contributed by atoms with van der Waals surface area (Å²) in [6.45, 7) is 1.67. The molecule has 0 fully saturated rings. The number of carbonyl (C=O) groups is 3. The highest BCUT2D eigenvalue weighted by atomic mass is 16.5. The third-order valence-corrected chi connectivity index (χ3v) is 2.00. The van der Waals surface area contributed by atoms with Crippen LogP contribution in [0.15, 0.2) is 24.3 Å². The van der Waals surface area contributed by atoms with Crippen molar-refractivity contribution in [2.75, 3.05) is 13.2 Å². The van der Waals surface area contributed by atoms with E-state index in [0.29, 0.717) is 17.9 Å². The smallest absolute Gasteiger partial charge is 0.338 e. The lowest BCUT2D eigenvalue weighted by molar-refractivity contribution is -0.121. The molecule has 102 valence electrons. The molecule has 3 N–H and O–H groups in total. The van der Waals surface area contributed by atoms with Gasteiger partial charge in [0.05, 0.1) is 12.2 Å². The first-order chi connectivity index (χ1) is 9.02. The van der Waals surface area contributed by atoms with E-state index >= 15 is 0 Å². The van der Waals surface area contributed by atoms with Crippen molar-refractivity contribution in [2.24, 2.45) is 5.73 Å². The van der Waals surface area contributed by atoms with Crippen molar-refractivity contribution in [3.63, 3.8) is 0 Å². The van der Waals surface area contributed by atoms with Crippen LogP contribution in [0.4, 0.5) is 4.79 Å². The van der Waals surface area contributed by atoms with Crippen molar-refractivity contribution >= 4 is 17.9 Å². The summed E-state index contributed by atoms with van der Waals surface area (Å²) in [6, 6.07) is 5.12. The third kappa shape index (κ3) is 5.07. The van der Waals surface area contributed by atoms with Crippen molar-refractivity contribution in [3.05, 3.63) is 29.8 Å². The van der Waals surface area contributed by atoms with Gasteiger partial charge in [0.25, 0.3) is 5.91 Å². The molecule has 1 aromatic carbocycles. The van der Waals surface area contributed by atoms with Gasteiger partial charge < -0.3 is 15.2 Å². The number of rotatable bonds is 5. The van der Waals surface area contributed by atoms with E-state index in [0.717, 1.165) is 0 Å². The minimum Gasteiger partial charge on any atom is -0.484 e. The van der Waals surface area contributed by atoms with Crippen LogP contribution in [0.3, 0.4) is 0 Å². The highest BCUT2D eigenvalue weighted by molar-refractivity contribution is 5.94. The fourth-order valence-corrected chi connectivity index (χ4v) is 1.22. The molecule has 7 nitrogen and oxygen atoms in total. The Kier molecular flexibility index (Phi) is 5.34. The van der Waals surface area contributed by atoms with Gasteiger partial charge in [0.2, 0.25) is 0 Å². The first-order valence-electron chi connectivity index (χ1n) is 5.52. The number of ether oxygens (including phenoxy) is 2. The van der Waals surface area contributed by atoms with E-state index in [2.05, 4.69) is 0 Å². The van der Waals surface area contributed by atoms with Crippen molar-refractivity contribution in [1.82, 2.24) is 5.32 Å². The van der Waals surface area contributed by atoms with E-state index < -0.39 is 17.9 Å². The first kappa shape index (κ1) is 14.5. The Bertz CT molecular complexity index is 470. The molecule has 0 saturated carbocycles. The number of esters is 1. The van der Waals surface area contributed by atoms with E-state index in [1.165, 1.54) is 24.3 Å². The van der Waals surface area contributed by atoms with Crippen LogP contribution in [0.5, 0.6) is 5.75 Å². The number of amides is 3. The Morgan fingerprint density at radius 1 is 1.21 bits per heavy atom. The van der Waals surface area contributed by atoms with Gasteiger partial charge in [0.15, 0.2) is 6.61 Å². The maximum Gasteiger partial charge on any atom is 0.338 e. The van der Waals surface area contributed by atoms with Crippen LogP contribution < -0.4 is 15.8 Å². The van der Waals surface area contributed by atoms with Gasteiger partial charge in [-0.2, -0.15) is 0 Å². The quantitative estimate of drug-likeness (QED) is 0.752. The van der Waals surface area contributed by atoms with Gasteiger partial charge in [-0.15, -0.1) is 0 Å². The SMILES string of the molecule is CCOC(=O)c1ccc(OCC(=O)NC(N)=O)cc1. The molecule has 0 atom stereocenters. The molecule has 0 aliphatic heterocycles. The van der Waals surface area contributed by atoms with Gasteiger partial charge in [-0.3, -0.25) is 10.1 Å². The molecule has 1 aromatic rings. The zero-order valence-corrected chi connectivity index (χ0v) is 10.3. The average molecular weight is 266 g/mol. The number of nitrogens with one attached hydrogen (secondary N) is 1. The molecule has 0 saturated heterocycles. The minimum absolute atomic E-state index is 0.296. The largest absolute Gasteiger partial charge is 0.484 e. The summed E-state index contributed by atoms with van der Waals surface area (Å²) in [4.78, 5) is 32.8. The van der Waals surface area contributed by atoms with Gasteiger partial charge in [-0.25, -0.2) is 9.59 Å². The lowest BCUT2D eigenvalue weighted by Gasteiger charge is -2.06. The molecule has 0 bridgehead atoms. The second-order valence-electron chi connectivity index (χ2n) is 3.45. The Labute approximate surface area is 109 Å². The molecule has 0 aliphatic carbocycles. The summed E-state index contributed by atoms with van der Waals surface area (Å²) < 4.78 is 9.91. The molecular formula is C12H14N2O5. The van der Waals surface area contributed by atoms with Gasteiger partial charge in [0.1, 0.15) is 5.75 Å². The number of benzene rings is 1. The van der Waals surface area contributed by atoms with E-state index in [9.17, 15) is 14.4 Å². The fraction of sp³-hybridized carbons (Fsp3) is 0.250. The van der Waals surface area contributed by atoms with Crippen LogP contribution in [0.25, 0.3) is 0 Å². The molecule has 3 amide bonds. The third-order valence-electron chi connectivity index (χ3n) is 2.00. The van der Waals surface area contributed by atoms with Crippen LogP contribution >= 0.6 is 0 Å². The molecule has 1 rings (SSSR count). The molecule has 0 radical (unpaired) electrons. The van der Waals surface area contributed by atoms with Crippen LogP contribution in [0.1, 0.15) is 17.3 Å². The molecular weight excluding hydrogens is 252 g/mol. The van der Waals surface area contributed by atoms with E-state index in [-0.39, 0.29) is 6.61 Å². The van der Waals surface area contributed by atoms with Crippen LogP contribution in [0, 0.1) is 0 Å². The Hall–Kier alpha value is -2.57. The Balaban J connectivity index is 2.50. The van der Waals surface area contributed by atoms with Crippen molar-refractivity contribution in [1.29, 1.82) is 0 Å². The van der Waals surface area contributed by atoms with Crippen molar-refractivity contribution < 1.29 is 23.9 Å². The number of nitrogens with two attached hydrogens (primary N) is 1. The normalized spacial score (nSPS) is 9.53. The summed E-state index contributed by atoms with van der Waals surface area (Å²) >= 11 is 0. The van der Waals surface area contributed by atoms with E-state index in [1.807, 2.05) is 5.32 Å². The Morgan fingerprint density at radius 2 is 1.84 bits per heavy atom. The van der Waals surface area contributed by atoms with Gasteiger partial charge in [0, 0.05) is 0 Å². The molecule has 0 aromatic heterocycles. The molecule has 0 aliphatic rings. The highest BCUT2D eigenvalue weighted by Crippen LogP contribution is 2.12. The van der Waals surface area contributed by atoms with Crippen molar-refractivity contribution in [3.8, 4) is 5.75 Å². The number of imide groups is 1. The van der Waals surface area contributed by atoms with Crippen LogP contribution in [-0.2, 0) is 9.53 Å². The molecule has 0 heterocycles. The monoisotopic (exact) mass is 266 g/mol. The number of hydrogen-bond acceptors (Lipinski definition) is 5. The summed E-state index contributed by atoms with van der Waals surface area (Å²) in [7, 11) is 0. The average Bonchev–Trinajstić information content (AvgIpc) is 2.36. The van der Waals surface area contributed by atoms with Crippen molar-refractivity contribution in [2.45, 2.75) is 6.92 Å². The van der Waals surface area contributed by atoms with Gasteiger partial charge in [-0.1, -0.05) is 0 Å². The maximum absolute atomic E-state index is 11.4. The maximum atomic E-state index is 11.4. The van der Waals surface area contributed by atoms with E-state index in [1.54, 1.807) is 6.92 Å². The van der Waals surface area contributed by atoms with E-state index in [4.69, 9.17) is 15.2 Å².